The predicted octanol–water partition coefficient (Wildman–Crippen LogP) is 4.23. The van der Waals surface area contributed by atoms with Crippen LogP contribution in [0.3, 0.4) is 0 Å². The van der Waals surface area contributed by atoms with Gasteiger partial charge in [-0.3, -0.25) is 0 Å². The first-order valence-electron chi connectivity index (χ1n) is 5.10. The zero-order chi connectivity index (χ0) is 10.6. The predicted molar refractivity (Wildman–Crippen MR) is 64.3 cm³/mol. The van der Waals surface area contributed by atoms with Crippen LogP contribution in [0.5, 0.6) is 0 Å². The smallest absolute Gasteiger partial charge is 0.0155 e. The van der Waals surface area contributed by atoms with Gasteiger partial charge in [0.05, 0.1) is 0 Å². The average molecular weight is 186 g/mol. The SMILES string of the molecule is C=C(C)C(=C)c1ccccc1CCC. The quantitative estimate of drug-likeness (QED) is 0.617. The van der Waals surface area contributed by atoms with Crippen molar-refractivity contribution in [1.29, 1.82) is 0 Å². The molecule has 0 radical (unpaired) electrons. The molecule has 0 saturated carbocycles. The van der Waals surface area contributed by atoms with Crippen LogP contribution in [0.2, 0.25) is 0 Å². The van der Waals surface area contributed by atoms with Crippen molar-refractivity contribution in [1.82, 2.24) is 0 Å². The third-order valence-corrected chi connectivity index (χ3v) is 2.38. The number of rotatable bonds is 4. The van der Waals surface area contributed by atoms with E-state index in [4.69, 9.17) is 0 Å². The van der Waals surface area contributed by atoms with E-state index in [1.807, 2.05) is 6.92 Å². The molecule has 74 valence electrons. The second-order valence-corrected chi connectivity index (χ2v) is 3.67. The molecule has 1 aromatic rings. The van der Waals surface area contributed by atoms with Crippen LogP contribution in [0.1, 0.15) is 31.4 Å². The molecule has 0 N–H and O–H groups in total. The topological polar surface area (TPSA) is 0 Å². The van der Waals surface area contributed by atoms with E-state index in [-0.39, 0.29) is 0 Å². The van der Waals surface area contributed by atoms with Crippen LogP contribution in [0.15, 0.2) is 43.0 Å². The van der Waals surface area contributed by atoms with Crippen LogP contribution < -0.4 is 0 Å². The second-order valence-electron chi connectivity index (χ2n) is 3.67. The summed E-state index contributed by atoms with van der Waals surface area (Å²) in [5, 5.41) is 0. The summed E-state index contributed by atoms with van der Waals surface area (Å²) < 4.78 is 0. The Balaban J connectivity index is 3.06. The van der Waals surface area contributed by atoms with Crippen molar-refractivity contribution in [2.24, 2.45) is 0 Å². The summed E-state index contributed by atoms with van der Waals surface area (Å²) in [6, 6.07) is 8.44. The molecule has 0 amide bonds. The van der Waals surface area contributed by atoms with Crippen molar-refractivity contribution in [2.75, 3.05) is 0 Å². The Hall–Kier alpha value is -1.30. The van der Waals surface area contributed by atoms with Crippen LogP contribution in [-0.4, -0.2) is 0 Å². The van der Waals surface area contributed by atoms with Crippen molar-refractivity contribution in [3.8, 4) is 0 Å². The van der Waals surface area contributed by atoms with Crippen LogP contribution in [-0.2, 0) is 6.42 Å². The average Bonchev–Trinajstić information content (AvgIpc) is 2.18. The number of allylic oxidation sites excluding steroid dienone is 2. The summed E-state index contributed by atoms with van der Waals surface area (Å²) in [6.07, 6.45) is 2.28. The zero-order valence-corrected chi connectivity index (χ0v) is 9.14. The normalized spacial score (nSPS) is 9.86. The van der Waals surface area contributed by atoms with Crippen molar-refractivity contribution in [2.45, 2.75) is 26.7 Å². The van der Waals surface area contributed by atoms with E-state index in [1.54, 1.807) is 0 Å². The van der Waals surface area contributed by atoms with E-state index in [0.717, 1.165) is 17.6 Å². The molecule has 1 rings (SSSR count). The lowest BCUT2D eigenvalue weighted by molar-refractivity contribution is 0.918. The van der Waals surface area contributed by atoms with Gasteiger partial charge in [0, 0.05) is 0 Å². The molecule has 0 aliphatic heterocycles. The lowest BCUT2D eigenvalue weighted by Crippen LogP contribution is -1.92. The molecule has 0 aliphatic carbocycles. The van der Waals surface area contributed by atoms with Gasteiger partial charge >= 0.3 is 0 Å². The molecule has 0 spiro atoms. The summed E-state index contributed by atoms with van der Waals surface area (Å²) in [7, 11) is 0. The van der Waals surface area contributed by atoms with Crippen molar-refractivity contribution in [3.05, 3.63) is 54.1 Å². The lowest BCUT2D eigenvalue weighted by atomic mass is 9.94. The number of aryl methyl sites for hydroxylation is 1. The molecule has 0 fully saturated rings. The van der Waals surface area contributed by atoms with Crippen LogP contribution >= 0.6 is 0 Å². The van der Waals surface area contributed by atoms with Gasteiger partial charge in [-0.15, -0.1) is 0 Å². The van der Waals surface area contributed by atoms with Crippen molar-refractivity contribution >= 4 is 5.57 Å². The molecule has 0 bridgehead atoms. The monoisotopic (exact) mass is 186 g/mol. The minimum Gasteiger partial charge on any atom is -0.0955 e. The van der Waals surface area contributed by atoms with Crippen LogP contribution in [0.25, 0.3) is 5.57 Å². The molecule has 0 nitrogen and oxygen atoms in total. The maximum Gasteiger partial charge on any atom is -0.0155 e. The summed E-state index contributed by atoms with van der Waals surface area (Å²) >= 11 is 0. The molecule has 0 aliphatic rings. The fourth-order valence-corrected chi connectivity index (χ4v) is 1.53. The van der Waals surface area contributed by atoms with E-state index in [2.05, 4.69) is 44.3 Å². The number of benzene rings is 1. The van der Waals surface area contributed by atoms with Gasteiger partial charge in [0.25, 0.3) is 0 Å². The van der Waals surface area contributed by atoms with E-state index in [9.17, 15) is 0 Å². The molecule has 0 aromatic heterocycles. The maximum atomic E-state index is 4.07. The van der Waals surface area contributed by atoms with Gasteiger partial charge in [0.2, 0.25) is 0 Å². The van der Waals surface area contributed by atoms with Gasteiger partial charge in [-0.25, -0.2) is 0 Å². The minimum absolute atomic E-state index is 1.05. The van der Waals surface area contributed by atoms with E-state index in [0.29, 0.717) is 0 Å². The summed E-state index contributed by atoms with van der Waals surface area (Å²) in [6.45, 7) is 12.2. The first kappa shape index (κ1) is 10.8. The van der Waals surface area contributed by atoms with E-state index < -0.39 is 0 Å². The Kier molecular flexibility index (Phi) is 3.70. The molecule has 0 heteroatoms. The minimum atomic E-state index is 1.05. The highest BCUT2D eigenvalue weighted by atomic mass is 14.1. The van der Waals surface area contributed by atoms with Crippen molar-refractivity contribution in [3.63, 3.8) is 0 Å². The fraction of sp³-hybridized carbons (Fsp3) is 0.286. The largest absolute Gasteiger partial charge is 0.0955 e. The van der Waals surface area contributed by atoms with Crippen LogP contribution in [0, 0.1) is 0 Å². The Morgan fingerprint density at radius 2 is 1.86 bits per heavy atom. The molecular weight excluding hydrogens is 168 g/mol. The van der Waals surface area contributed by atoms with Gasteiger partial charge in [0.15, 0.2) is 0 Å². The molecule has 14 heavy (non-hydrogen) atoms. The zero-order valence-electron chi connectivity index (χ0n) is 9.14. The molecule has 0 saturated heterocycles. The van der Waals surface area contributed by atoms with Crippen LogP contribution in [0.4, 0.5) is 0 Å². The molecule has 0 unspecified atom stereocenters. The highest BCUT2D eigenvalue weighted by molar-refractivity contribution is 5.77. The summed E-state index contributed by atoms with van der Waals surface area (Å²) in [5.74, 6) is 0. The van der Waals surface area contributed by atoms with Gasteiger partial charge in [-0.1, -0.05) is 56.3 Å². The third-order valence-electron chi connectivity index (χ3n) is 2.38. The Labute approximate surface area is 87.0 Å². The highest BCUT2D eigenvalue weighted by Gasteiger charge is 2.04. The Morgan fingerprint density at radius 3 is 2.43 bits per heavy atom. The Morgan fingerprint density at radius 1 is 1.21 bits per heavy atom. The highest BCUT2D eigenvalue weighted by Crippen LogP contribution is 2.23. The third kappa shape index (κ3) is 2.35. The fourth-order valence-electron chi connectivity index (χ4n) is 1.53. The molecule has 0 atom stereocenters. The lowest BCUT2D eigenvalue weighted by Gasteiger charge is -2.10. The molecular formula is C14H18. The summed E-state index contributed by atoms with van der Waals surface area (Å²) in [5.41, 5.74) is 4.74. The number of hydrogen-bond acceptors (Lipinski definition) is 0. The van der Waals surface area contributed by atoms with Gasteiger partial charge in [-0.05, 0) is 30.0 Å². The first-order chi connectivity index (χ1) is 6.66. The van der Waals surface area contributed by atoms with Gasteiger partial charge in [-0.2, -0.15) is 0 Å². The van der Waals surface area contributed by atoms with E-state index in [1.165, 1.54) is 17.5 Å². The standard InChI is InChI=1S/C14H18/c1-5-8-13-9-6-7-10-14(13)12(4)11(2)3/h6-7,9-10H,2,4-5,8H2,1,3H3. The van der Waals surface area contributed by atoms with Crippen molar-refractivity contribution < 1.29 is 0 Å². The second kappa shape index (κ2) is 4.80. The van der Waals surface area contributed by atoms with Gasteiger partial charge in [0.1, 0.15) is 0 Å². The summed E-state index contributed by atoms with van der Waals surface area (Å²) in [4.78, 5) is 0. The molecule has 1 aromatic carbocycles. The first-order valence-corrected chi connectivity index (χ1v) is 5.10. The van der Waals surface area contributed by atoms with Gasteiger partial charge < -0.3 is 0 Å². The Bertz CT molecular complexity index is 345. The maximum absolute atomic E-state index is 4.07. The number of hydrogen-bond donors (Lipinski definition) is 0. The van der Waals surface area contributed by atoms with E-state index >= 15 is 0 Å². The molecule has 0 heterocycles.